The molecule has 0 saturated heterocycles. The van der Waals surface area contributed by atoms with Gasteiger partial charge in [0.15, 0.2) is 11.1 Å². The Hall–Kier alpha value is -4.10. The van der Waals surface area contributed by atoms with Crippen LogP contribution in [-0.2, 0) is 7.05 Å². The van der Waals surface area contributed by atoms with Gasteiger partial charge in [0.25, 0.3) is 0 Å². The minimum atomic E-state index is -0.428. The molecule has 1 fully saturated rings. The van der Waals surface area contributed by atoms with Gasteiger partial charge in [-0.05, 0) is 37.1 Å². The number of nitriles is 1. The topological polar surface area (TPSA) is 136 Å². The molecule has 0 radical (unpaired) electrons. The smallest absolute Gasteiger partial charge is 0.328 e. The number of anilines is 2. The third kappa shape index (κ3) is 3.59. The largest absolute Gasteiger partial charge is 0.493 e. The molecule has 4 aromatic rings. The number of nitrogens with one attached hydrogen (secondary N) is 2. The lowest BCUT2D eigenvalue weighted by molar-refractivity contribution is 0.428. The van der Waals surface area contributed by atoms with Crippen molar-refractivity contribution in [1.29, 1.82) is 5.26 Å². The van der Waals surface area contributed by atoms with E-state index >= 15 is 0 Å². The molecule has 160 valence electrons. The molecule has 5 rings (SSSR count). The van der Waals surface area contributed by atoms with Crippen LogP contribution >= 0.6 is 11.6 Å². The molecule has 1 aliphatic carbocycles. The monoisotopic (exact) mass is 448 g/mol. The Morgan fingerprint density at radius 2 is 2.22 bits per heavy atom. The fourth-order valence-electron chi connectivity index (χ4n) is 3.23. The van der Waals surface area contributed by atoms with E-state index in [2.05, 4.69) is 20.4 Å². The fraction of sp³-hybridized carbons (Fsp3) is 0.190. The van der Waals surface area contributed by atoms with Crippen molar-refractivity contribution in [3.05, 3.63) is 67.9 Å². The third-order valence-corrected chi connectivity index (χ3v) is 5.42. The van der Waals surface area contributed by atoms with Crippen molar-refractivity contribution >= 4 is 34.8 Å². The number of H-pyrrole nitrogens is 1. The second kappa shape index (κ2) is 7.55. The second-order valence-corrected chi connectivity index (χ2v) is 7.90. The number of benzene rings is 1. The molecule has 10 nitrogen and oxygen atoms in total. The van der Waals surface area contributed by atoms with Gasteiger partial charge in [-0.2, -0.15) is 14.9 Å². The van der Waals surface area contributed by atoms with Crippen molar-refractivity contribution < 1.29 is 5.11 Å². The highest BCUT2D eigenvalue weighted by atomic mass is 35.5. The maximum atomic E-state index is 11.8. The first-order valence-corrected chi connectivity index (χ1v) is 10.2. The van der Waals surface area contributed by atoms with Crippen LogP contribution in [-0.4, -0.2) is 35.3 Å². The Labute approximate surface area is 185 Å². The summed E-state index contributed by atoms with van der Waals surface area (Å²) in [6.45, 7) is 0. The first-order valence-electron chi connectivity index (χ1n) is 9.82. The maximum absolute atomic E-state index is 11.8. The average Bonchev–Trinajstić information content (AvgIpc) is 3.45. The van der Waals surface area contributed by atoms with E-state index in [-0.39, 0.29) is 17.6 Å². The number of aromatic amines is 1. The van der Waals surface area contributed by atoms with Gasteiger partial charge in [0, 0.05) is 24.0 Å². The van der Waals surface area contributed by atoms with Crippen molar-refractivity contribution in [2.45, 2.75) is 18.9 Å². The molecule has 0 amide bonds. The maximum Gasteiger partial charge on any atom is 0.328 e. The van der Waals surface area contributed by atoms with Crippen LogP contribution in [0.1, 0.15) is 24.1 Å². The molecule has 1 aliphatic rings. The quantitative estimate of drug-likeness (QED) is 0.431. The zero-order valence-electron chi connectivity index (χ0n) is 16.9. The summed E-state index contributed by atoms with van der Waals surface area (Å²) in [4.78, 5) is 23.8. The first kappa shape index (κ1) is 19.8. The van der Waals surface area contributed by atoms with E-state index in [4.69, 9.17) is 21.9 Å². The van der Waals surface area contributed by atoms with Crippen molar-refractivity contribution in [2.75, 3.05) is 5.32 Å². The van der Waals surface area contributed by atoms with E-state index in [9.17, 15) is 9.90 Å². The fourth-order valence-corrected chi connectivity index (χ4v) is 3.45. The molecule has 1 saturated carbocycles. The lowest BCUT2D eigenvalue weighted by Gasteiger charge is -2.07. The van der Waals surface area contributed by atoms with Gasteiger partial charge in [-0.3, -0.25) is 9.56 Å². The molecular formula is C21H17ClN8O2. The molecule has 0 aliphatic heterocycles. The second-order valence-electron chi connectivity index (χ2n) is 7.50. The van der Waals surface area contributed by atoms with E-state index in [1.807, 2.05) is 6.07 Å². The lowest BCUT2D eigenvalue weighted by Crippen LogP contribution is -2.19. The van der Waals surface area contributed by atoms with Crippen LogP contribution in [0.25, 0.3) is 11.7 Å². The van der Waals surface area contributed by atoms with E-state index in [1.165, 1.54) is 7.05 Å². The van der Waals surface area contributed by atoms with Gasteiger partial charge in [0.1, 0.15) is 17.6 Å². The zero-order valence-corrected chi connectivity index (χ0v) is 17.6. The van der Waals surface area contributed by atoms with Crippen LogP contribution in [0.5, 0.6) is 5.88 Å². The number of hydrogen-bond donors (Lipinski definition) is 3. The Morgan fingerprint density at radius 3 is 2.88 bits per heavy atom. The molecule has 0 unspecified atom stereocenters. The van der Waals surface area contributed by atoms with Gasteiger partial charge in [-0.1, -0.05) is 11.6 Å². The summed E-state index contributed by atoms with van der Waals surface area (Å²) in [5.41, 5.74) is 2.01. The molecule has 0 bridgehead atoms. The highest BCUT2D eigenvalue weighted by Crippen LogP contribution is 2.24. The molecule has 0 spiro atoms. The lowest BCUT2D eigenvalue weighted by atomic mass is 10.2. The van der Waals surface area contributed by atoms with E-state index in [1.54, 1.807) is 41.1 Å². The highest BCUT2D eigenvalue weighted by Gasteiger charge is 2.20. The number of hydrogen-bond acceptors (Lipinski definition) is 7. The summed E-state index contributed by atoms with van der Waals surface area (Å²) >= 11 is 6.15. The van der Waals surface area contributed by atoms with Gasteiger partial charge in [0.2, 0.25) is 5.88 Å². The van der Waals surface area contributed by atoms with Gasteiger partial charge >= 0.3 is 5.69 Å². The SMILES string of the molecule is Cn1c(O)c(C=c2cnn3c(=NC4CC4)cc(Nc4ccc(C#N)c(Cl)c4)nc23)[nH]c1=O. The van der Waals surface area contributed by atoms with Crippen LogP contribution in [0.15, 0.2) is 40.2 Å². The number of aromatic nitrogens is 5. The molecule has 1 aromatic carbocycles. The molecule has 11 heteroatoms. The number of imidazole rings is 1. The summed E-state index contributed by atoms with van der Waals surface area (Å²) in [5.74, 6) is 0.331. The van der Waals surface area contributed by atoms with E-state index in [0.29, 0.717) is 38.4 Å². The van der Waals surface area contributed by atoms with Crippen molar-refractivity contribution in [1.82, 2.24) is 24.1 Å². The number of halogens is 1. The molecule has 3 aromatic heterocycles. The predicted molar refractivity (Wildman–Crippen MR) is 118 cm³/mol. The van der Waals surface area contributed by atoms with Gasteiger partial charge in [-0.15, -0.1) is 0 Å². The zero-order chi connectivity index (χ0) is 22.4. The Balaban J connectivity index is 1.66. The van der Waals surface area contributed by atoms with Gasteiger partial charge in [-0.25, -0.2) is 9.78 Å². The minimum Gasteiger partial charge on any atom is -0.493 e. The summed E-state index contributed by atoms with van der Waals surface area (Å²) < 4.78 is 2.74. The molecule has 3 N–H and O–H groups in total. The van der Waals surface area contributed by atoms with Crippen LogP contribution in [0, 0.1) is 11.3 Å². The summed E-state index contributed by atoms with van der Waals surface area (Å²) in [5, 5.41) is 27.8. The van der Waals surface area contributed by atoms with Crippen molar-refractivity contribution in [3.63, 3.8) is 0 Å². The highest BCUT2D eigenvalue weighted by molar-refractivity contribution is 6.32. The average molecular weight is 449 g/mol. The minimum absolute atomic E-state index is 0.182. The van der Waals surface area contributed by atoms with Crippen LogP contribution in [0.4, 0.5) is 11.5 Å². The summed E-state index contributed by atoms with van der Waals surface area (Å²) in [7, 11) is 1.47. The van der Waals surface area contributed by atoms with Crippen molar-refractivity contribution in [2.24, 2.45) is 12.0 Å². The van der Waals surface area contributed by atoms with Crippen LogP contribution < -0.4 is 21.7 Å². The third-order valence-electron chi connectivity index (χ3n) is 5.11. The number of fused-ring (bicyclic) bond motifs is 1. The van der Waals surface area contributed by atoms with Crippen LogP contribution in [0.2, 0.25) is 5.02 Å². The van der Waals surface area contributed by atoms with Gasteiger partial charge in [0.05, 0.1) is 22.8 Å². The normalized spacial score (nSPS) is 14.8. The Morgan fingerprint density at radius 1 is 1.41 bits per heavy atom. The predicted octanol–water partition coefficient (Wildman–Crippen LogP) is 1.34. The van der Waals surface area contributed by atoms with E-state index < -0.39 is 5.69 Å². The van der Waals surface area contributed by atoms with E-state index in [0.717, 1.165) is 17.4 Å². The summed E-state index contributed by atoms with van der Waals surface area (Å²) in [6.07, 6.45) is 5.26. The number of nitrogens with zero attached hydrogens (tertiary/aromatic N) is 6. The van der Waals surface area contributed by atoms with Crippen LogP contribution in [0.3, 0.4) is 0 Å². The molecule has 32 heavy (non-hydrogen) atoms. The molecule has 0 atom stereocenters. The molecule has 3 heterocycles. The standard InChI is InChI=1S/C21H17ClN8O2/c1-29-20(31)16(27-21(29)32)6-12-10-24-30-18(26-13-4-5-13)8-17(28-19(12)30)25-14-3-2-11(9-23)15(22)7-14/h2-3,6-8,10,13,25,31H,4-5H2,1H3,(H,27,32). The number of rotatable bonds is 4. The Kier molecular flexibility index (Phi) is 4.68. The summed E-state index contributed by atoms with van der Waals surface area (Å²) in [6, 6.07) is 9.10. The molecular weight excluding hydrogens is 432 g/mol. The Bertz CT molecular complexity index is 1590. The first-order chi connectivity index (χ1) is 15.4. The number of aromatic hydroxyl groups is 1. The van der Waals surface area contributed by atoms with Gasteiger partial charge < -0.3 is 15.4 Å². The van der Waals surface area contributed by atoms with Crippen molar-refractivity contribution in [3.8, 4) is 11.9 Å².